The molecule has 0 bridgehead atoms. The Morgan fingerprint density at radius 3 is 2.56 bits per heavy atom. The van der Waals surface area contributed by atoms with Crippen molar-refractivity contribution in [2.45, 2.75) is 57.6 Å². The highest BCUT2D eigenvalue weighted by Crippen LogP contribution is 2.26. The standard InChI is InChI=1S/C12H20N2O2/c1-4-12(5-2,9-13)14-10(15)11(3)7-6-8-16-11/h4-8H2,1-3H3,(H,14,15). The molecular weight excluding hydrogens is 204 g/mol. The molecule has 1 unspecified atom stereocenters. The van der Waals surface area contributed by atoms with Crippen molar-refractivity contribution in [2.75, 3.05) is 6.61 Å². The molecule has 1 rings (SSSR count). The second-order valence-electron chi connectivity index (χ2n) is 4.54. The number of carbonyl (C=O) groups is 1. The number of nitrogens with zero attached hydrogens (tertiary/aromatic N) is 1. The Kier molecular flexibility index (Phi) is 3.93. The van der Waals surface area contributed by atoms with Gasteiger partial charge in [-0.25, -0.2) is 0 Å². The predicted molar refractivity (Wildman–Crippen MR) is 60.7 cm³/mol. The van der Waals surface area contributed by atoms with Crippen LogP contribution in [0.15, 0.2) is 0 Å². The smallest absolute Gasteiger partial charge is 0.253 e. The summed E-state index contributed by atoms with van der Waals surface area (Å²) >= 11 is 0. The summed E-state index contributed by atoms with van der Waals surface area (Å²) in [5.41, 5.74) is -1.49. The van der Waals surface area contributed by atoms with Gasteiger partial charge in [0, 0.05) is 6.61 Å². The van der Waals surface area contributed by atoms with Crippen molar-refractivity contribution in [3.8, 4) is 6.07 Å². The molecule has 1 atom stereocenters. The molecule has 4 heteroatoms. The Morgan fingerprint density at radius 2 is 2.19 bits per heavy atom. The number of ether oxygens (including phenoxy) is 1. The maximum absolute atomic E-state index is 12.1. The highest BCUT2D eigenvalue weighted by Gasteiger charge is 2.41. The predicted octanol–water partition coefficient (Wildman–Crippen LogP) is 1.75. The van der Waals surface area contributed by atoms with E-state index in [4.69, 9.17) is 10.00 Å². The van der Waals surface area contributed by atoms with E-state index >= 15 is 0 Å². The summed E-state index contributed by atoms with van der Waals surface area (Å²) in [5.74, 6) is -0.157. The molecule has 1 fully saturated rings. The molecule has 0 aromatic heterocycles. The van der Waals surface area contributed by atoms with Gasteiger partial charge >= 0.3 is 0 Å². The molecule has 1 amide bonds. The highest BCUT2D eigenvalue weighted by atomic mass is 16.5. The molecule has 1 aliphatic heterocycles. The zero-order valence-electron chi connectivity index (χ0n) is 10.3. The van der Waals surface area contributed by atoms with Crippen LogP contribution in [0, 0.1) is 11.3 Å². The fraction of sp³-hybridized carbons (Fsp3) is 0.833. The van der Waals surface area contributed by atoms with Gasteiger partial charge in [-0.15, -0.1) is 0 Å². The second-order valence-corrected chi connectivity index (χ2v) is 4.54. The van der Waals surface area contributed by atoms with Crippen molar-refractivity contribution in [3.63, 3.8) is 0 Å². The summed E-state index contributed by atoms with van der Waals surface area (Å²) in [6.07, 6.45) is 2.86. The normalized spacial score (nSPS) is 25.1. The van der Waals surface area contributed by atoms with Crippen LogP contribution in [0.5, 0.6) is 0 Å². The van der Waals surface area contributed by atoms with E-state index in [0.717, 1.165) is 12.8 Å². The first-order chi connectivity index (χ1) is 7.52. The van der Waals surface area contributed by atoms with Crippen molar-refractivity contribution < 1.29 is 9.53 Å². The second kappa shape index (κ2) is 4.84. The molecule has 0 saturated carbocycles. The van der Waals surface area contributed by atoms with Crippen molar-refractivity contribution in [2.24, 2.45) is 0 Å². The Labute approximate surface area is 97.0 Å². The topological polar surface area (TPSA) is 62.1 Å². The highest BCUT2D eigenvalue weighted by molar-refractivity contribution is 5.86. The summed E-state index contributed by atoms with van der Waals surface area (Å²) in [6, 6.07) is 2.20. The van der Waals surface area contributed by atoms with Gasteiger partial charge in [0.05, 0.1) is 6.07 Å². The van der Waals surface area contributed by atoms with Gasteiger partial charge in [0.25, 0.3) is 5.91 Å². The van der Waals surface area contributed by atoms with Crippen LogP contribution in [-0.2, 0) is 9.53 Å². The van der Waals surface area contributed by atoms with E-state index in [9.17, 15) is 4.79 Å². The van der Waals surface area contributed by atoms with Crippen molar-refractivity contribution in [1.29, 1.82) is 5.26 Å². The van der Waals surface area contributed by atoms with E-state index in [2.05, 4.69) is 11.4 Å². The van der Waals surface area contributed by atoms with Crippen LogP contribution in [0.4, 0.5) is 0 Å². The molecule has 4 nitrogen and oxygen atoms in total. The first kappa shape index (κ1) is 13.0. The average Bonchev–Trinajstić information content (AvgIpc) is 2.74. The van der Waals surface area contributed by atoms with Crippen molar-refractivity contribution in [3.05, 3.63) is 0 Å². The van der Waals surface area contributed by atoms with Gasteiger partial charge in [0.2, 0.25) is 0 Å². The van der Waals surface area contributed by atoms with E-state index in [-0.39, 0.29) is 5.91 Å². The molecule has 0 radical (unpaired) electrons. The minimum atomic E-state index is -0.744. The molecule has 90 valence electrons. The van der Waals surface area contributed by atoms with Gasteiger partial charge in [-0.2, -0.15) is 5.26 Å². The number of carbonyl (C=O) groups excluding carboxylic acids is 1. The van der Waals surface area contributed by atoms with Crippen LogP contribution in [0.2, 0.25) is 0 Å². The Balaban J connectivity index is 2.73. The maximum Gasteiger partial charge on any atom is 0.253 e. The number of rotatable bonds is 4. The van der Waals surface area contributed by atoms with E-state index in [1.807, 2.05) is 13.8 Å². The monoisotopic (exact) mass is 224 g/mol. The van der Waals surface area contributed by atoms with E-state index in [0.29, 0.717) is 19.4 Å². The van der Waals surface area contributed by atoms with Gasteiger partial charge in [0.15, 0.2) is 0 Å². The van der Waals surface area contributed by atoms with Crippen LogP contribution in [0.1, 0.15) is 46.5 Å². The molecule has 1 saturated heterocycles. The molecule has 0 aliphatic carbocycles. The third kappa shape index (κ3) is 2.35. The Morgan fingerprint density at radius 1 is 1.56 bits per heavy atom. The van der Waals surface area contributed by atoms with Gasteiger partial charge in [-0.05, 0) is 32.6 Å². The van der Waals surface area contributed by atoms with Crippen LogP contribution in [0.3, 0.4) is 0 Å². The minimum absolute atomic E-state index is 0.157. The van der Waals surface area contributed by atoms with Gasteiger partial charge in [0.1, 0.15) is 11.1 Å². The lowest BCUT2D eigenvalue weighted by Crippen LogP contribution is -2.54. The molecule has 16 heavy (non-hydrogen) atoms. The Hall–Kier alpha value is -1.08. The first-order valence-corrected chi connectivity index (χ1v) is 5.90. The molecule has 0 aromatic rings. The maximum atomic E-state index is 12.1. The lowest BCUT2D eigenvalue weighted by atomic mass is 9.92. The summed E-state index contributed by atoms with van der Waals surface area (Å²) in [4.78, 5) is 12.1. The largest absolute Gasteiger partial charge is 0.365 e. The average molecular weight is 224 g/mol. The Bertz CT molecular complexity index is 297. The number of amides is 1. The van der Waals surface area contributed by atoms with Crippen LogP contribution in [0.25, 0.3) is 0 Å². The lowest BCUT2D eigenvalue weighted by Gasteiger charge is -2.30. The van der Waals surface area contributed by atoms with Crippen LogP contribution in [-0.4, -0.2) is 23.7 Å². The molecule has 1 heterocycles. The van der Waals surface area contributed by atoms with Crippen LogP contribution >= 0.6 is 0 Å². The third-order valence-electron chi connectivity index (χ3n) is 3.47. The number of hydrogen-bond donors (Lipinski definition) is 1. The number of nitriles is 1. The van der Waals surface area contributed by atoms with E-state index in [1.54, 1.807) is 6.92 Å². The molecular formula is C12H20N2O2. The lowest BCUT2D eigenvalue weighted by molar-refractivity contribution is -0.141. The summed E-state index contributed by atoms with van der Waals surface area (Å²) in [5, 5.41) is 12.0. The van der Waals surface area contributed by atoms with Crippen LogP contribution < -0.4 is 5.32 Å². The minimum Gasteiger partial charge on any atom is -0.365 e. The van der Waals surface area contributed by atoms with E-state index in [1.165, 1.54) is 0 Å². The fourth-order valence-electron chi connectivity index (χ4n) is 1.92. The zero-order valence-corrected chi connectivity index (χ0v) is 10.3. The molecule has 0 aromatic carbocycles. The van der Waals surface area contributed by atoms with Gasteiger partial charge < -0.3 is 10.1 Å². The first-order valence-electron chi connectivity index (χ1n) is 5.90. The third-order valence-corrected chi connectivity index (χ3v) is 3.47. The molecule has 1 N–H and O–H groups in total. The molecule has 1 aliphatic rings. The fourth-order valence-corrected chi connectivity index (χ4v) is 1.92. The molecule has 0 spiro atoms. The zero-order chi connectivity index (χ0) is 12.2. The van der Waals surface area contributed by atoms with Crippen molar-refractivity contribution >= 4 is 5.91 Å². The summed E-state index contributed by atoms with van der Waals surface area (Å²) < 4.78 is 5.46. The van der Waals surface area contributed by atoms with Gasteiger partial charge in [-0.1, -0.05) is 13.8 Å². The SMILES string of the molecule is CCC(C#N)(CC)NC(=O)C1(C)CCCO1. The van der Waals surface area contributed by atoms with Gasteiger partial charge in [-0.3, -0.25) is 4.79 Å². The summed E-state index contributed by atoms with van der Waals surface area (Å²) in [6.45, 7) is 6.24. The number of nitrogens with one attached hydrogen (secondary N) is 1. The van der Waals surface area contributed by atoms with E-state index < -0.39 is 11.1 Å². The quantitative estimate of drug-likeness (QED) is 0.791. The summed E-state index contributed by atoms with van der Waals surface area (Å²) in [7, 11) is 0. The number of hydrogen-bond acceptors (Lipinski definition) is 3. The van der Waals surface area contributed by atoms with Crippen molar-refractivity contribution in [1.82, 2.24) is 5.32 Å².